The summed E-state index contributed by atoms with van der Waals surface area (Å²) in [6.07, 6.45) is 1.61. The Kier molecular flexibility index (Phi) is 4.62. The van der Waals surface area contributed by atoms with E-state index >= 15 is 0 Å². The first kappa shape index (κ1) is 18.2. The van der Waals surface area contributed by atoms with Crippen molar-refractivity contribution in [2.45, 2.75) is 26.8 Å². The lowest BCUT2D eigenvalue weighted by Crippen LogP contribution is -2.48. The number of anilines is 1. The highest BCUT2D eigenvalue weighted by molar-refractivity contribution is 5.92. The minimum Gasteiger partial charge on any atom is -0.368 e. The smallest absolute Gasteiger partial charge is 0.276 e. The fraction of sp³-hybridized carbons (Fsp3) is 0.400. The van der Waals surface area contributed by atoms with Gasteiger partial charge in [0, 0.05) is 44.0 Å². The molecule has 1 amide bonds. The number of hydrogen-bond donors (Lipinski definition) is 0. The van der Waals surface area contributed by atoms with Gasteiger partial charge in [-0.15, -0.1) is 0 Å². The number of carbonyl (C=O) groups excluding carboxylic acids is 1. The van der Waals surface area contributed by atoms with Gasteiger partial charge in [0.25, 0.3) is 11.5 Å². The molecule has 0 atom stereocenters. The standard InChI is InChI=1S/C20H23N5O3/c1-13(2)25-12-21-17-11-15(4-5-16(17)19(25)26)23-6-8-24(9-7-23)20(27)18-10-14(3)28-22-18/h4-5,10-13H,6-9H2,1-3H3. The van der Waals surface area contributed by atoms with Crippen molar-refractivity contribution in [1.29, 1.82) is 0 Å². The molecular formula is C20H23N5O3. The monoisotopic (exact) mass is 381 g/mol. The summed E-state index contributed by atoms with van der Waals surface area (Å²) in [5.74, 6) is 0.521. The minimum absolute atomic E-state index is 0.0233. The van der Waals surface area contributed by atoms with Crippen molar-refractivity contribution in [3.63, 3.8) is 0 Å². The first-order chi connectivity index (χ1) is 13.4. The molecule has 0 radical (unpaired) electrons. The predicted octanol–water partition coefficient (Wildman–Crippen LogP) is 2.24. The number of carbonyl (C=O) groups is 1. The van der Waals surface area contributed by atoms with Gasteiger partial charge >= 0.3 is 0 Å². The Hall–Kier alpha value is -3.16. The maximum atomic E-state index is 12.6. The van der Waals surface area contributed by atoms with E-state index in [1.54, 1.807) is 28.8 Å². The van der Waals surface area contributed by atoms with E-state index < -0.39 is 0 Å². The minimum atomic E-state index is -0.106. The Bertz CT molecular complexity index is 1080. The average molecular weight is 381 g/mol. The van der Waals surface area contributed by atoms with Crippen molar-refractivity contribution in [3.05, 3.63) is 52.4 Å². The lowest BCUT2D eigenvalue weighted by Gasteiger charge is -2.35. The van der Waals surface area contributed by atoms with Crippen LogP contribution in [0.15, 0.2) is 39.9 Å². The van der Waals surface area contributed by atoms with E-state index in [-0.39, 0.29) is 17.5 Å². The number of piperazine rings is 1. The van der Waals surface area contributed by atoms with Crippen molar-refractivity contribution in [2.75, 3.05) is 31.1 Å². The number of rotatable bonds is 3. The first-order valence-corrected chi connectivity index (χ1v) is 9.42. The van der Waals surface area contributed by atoms with Crippen LogP contribution in [0.4, 0.5) is 5.69 Å². The summed E-state index contributed by atoms with van der Waals surface area (Å²) in [4.78, 5) is 33.5. The first-order valence-electron chi connectivity index (χ1n) is 9.42. The zero-order valence-corrected chi connectivity index (χ0v) is 16.3. The van der Waals surface area contributed by atoms with Crippen LogP contribution in [0.1, 0.15) is 36.1 Å². The van der Waals surface area contributed by atoms with Gasteiger partial charge in [0.1, 0.15) is 5.76 Å². The highest BCUT2D eigenvalue weighted by atomic mass is 16.5. The van der Waals surface area contributed by atoms with Crippen LogP contribution in [0.25, 0.3) is 10.9 Å². The summed E-state index contributed by atoms with van der Waals surface area (Å²) < 4.78 is 6.64. The normalized spacial score (nSPS) is 14.9. The lowest BCUT2D eigenvalue weighted by molar-refractivity contribution is 0.0736. The van der Waals surface area contributed by atoms with E-state index in [9.17, 15) is 9.59 Å². The molecule has 0 bridgehead atoms. The molecule has 3 heterocycles. The summed E-state index contributed by atoms with van der Waals surface area (Å²) >= 11 is 0. The van der Waals surface area contributed by atoms with Crippen molar-refractivity contribution in [2.24, 2.45) is 0 Å². The molecule has 0 spiro atoms. The third kappa shape index (κ3) is 3.26. The fourth-order valence-electron chi connectivity index (χ4n) is 3.49. The second-order valence-corrected chi connectivity index (χ2v) is 7.35. The number of fused-ring (bicyclic) bond motifs is 1. The Labute approximate surface area is 162 Å². The Morgan fingerprint density at radius 3 is 2.54 bits per heavy atom. The Morgan fingerprint density at radius 2 is 1.89 bits per heavy atom. The molecule has 1 aromatic carbocycles. The van der Waals surface area contributed by atoms with Gasteiger partial charge in [-0.05, 0) is 39.0 Å². The molecule has 28 heavy (non-hydrogen) atoms. The summed E-state index contributed by atoms with van der Waals surface area (Å²) in [6.45, 7) is 8.31. The molecule has 4 rings (SSSR count). The molecule has 1 aliphatic rings. The third-order valence-corrected chi connectivity index (χ3v) is 5.10. The molecule has 0 unspecified atom stereocenters. The highest BCUT2D eigenvalue weighted by Crippen LogP contribution is 2.21. The SMILES string of the molecule is Cc1cc(C(=O)N2CCN(c3ccc4c(=O)n(C(C)C)cnc4c3)CC2)no1. The van der Waals surface area contributed by atoms with Gasteiger partial charge < -0.3 is 14.3 Å². The van der Waals surface area contributed by atoms with Gasteiger partial charge in [0.05, 0.1) is 17.2 Å². The van der Waals surface area contributed by atoms with Gasteiger partial charge in [0.2, 0.25) is 0 Å². The number of nitrogens with zero attached hydrogens (tertiary/aromatic N) is 5. The molecule has 1 fully saturated rings. The maximum absolute atomic E-state index is 12.6. The summed E-state index contributed by atoms with van der Waals surface area (Å²) in [5, 5.41) is 4.43. The predicted molar refractivity (Wildman–Crippen MR) is 106 cm³/mol. The second kappa shape index (κ2) is 7.10. The molecule has 2 aromatic heterocycles. The van der Waals surface area contributed by atoms with Gasteiger partial charge in [-0.3, -0.25) is 14.2 Å². The van der Waals surface area contributed by atoms with E-state index in [1.807, 2.05) is 32.0 Å². The Balaban J connectivity index is 1.50. The highest BCUT2D eigenvalue weighted by Gasteiger charge is 2.24. The van der Waals surface area contributed by atoms with Gasteiger partial charge in [-0.2, -0.15) is 0 Å². The van der Waals surface area contributed by atoms with Crippen LogP contribution in [-0.4, -0.2) is 51.7 Å². The van der Waals surface area contributed by atoms with E-state index in [4.69, 9.17) is 4.52 Å². The van der Waals surface area contributed by atoms with Crippen molar-refractivity contribution >= 4 is 22.5 Å². The van der Waals surface area contributed by atoms with Crippen LogP contribution >= 0.6 is 0 Å². The average Bonchev–Trinajstić information content (AvgIpc) is 3.13. The van der Waals surface area contributed by atoms with E-state index in [1.165, 1.54) is 0 Å². The zero-order chi connectivity index (χ0) is 19.8. The fourth-order valence-corrected chi connectivity index (χ4v) is 3.49. The molecule has 1 aliphatic heterocycles. The number of aromatic nitrogens is 3. The van der Waals surface area contributed by atoms with E-state index in [0.29, 0.717) is 48.5 Å². The molecule has 0 saturated carbocycles. The molecule has 8 heteroatoms. The van der Waals surface area contributed by atoms with Gasteiger partial charge in [-0.1, -0.05) is 5.16 Å². The van der Waals surface area contributed by atoms with Crippen LogP contribution in [0.2, 0.25) is 0 Å². The molecule has 0 N–H and O–H groups in total. The van der Waals surface area contributed by atoms with E-state index in [2.05, 4.69) is 15.0 Å². The van der Waals surface area contributed by atoms with Gasteiger partial charge in [-0.25, -0.2) is 4.98 Å². The molecule has 146 valence electrons. The number of hydrogen-bond acceptors (Lipinski definition) is 6. The molecular weight excluding hydrogens is 358 g/mol. The molecule has 1 saturated heterocycles. The van der Waals surface area contributed by atoms with Crippen LogP contribution < -0.4 is 10.5 Å². The molecule has 3 aromatic rings. The lowest BCUT2D eigenvalue weighted by atomic mass is 10.2. The molecule has 8 nitrogen and oxygen atoms in total. The number of amides is 1. The van der Waals surface area contributed by atoms with Crippen molar-refractivity contribution < 1.29 is 9.32 Å². The summed E-state index contributed by atoms with van der Waals surface area (Å²) in [6, 6.07) is 7.47. The van der Waals surface area contributed by atoms with Gasteiger partial charge in [0.15, 0.2) is 5.69 Å². The van der Waals surface area contributed by atoms with Crippen LogP contribution in [0, 0.1) is 6.92 Å². The maximum Gasteiger partial charge on any atom is 0.276 e. The summed E-state index contributed by atoms with van der Waals surface area (Å²) in [7, 11) is 0. The quantitative estimate of drug-likeness (QED) is 0.692. The molecule has 0 aliphatic carbocycles. The topological polar surface area (TPSA) is 84.5 Å². The van der Waals surface area contributed by atoms with E-state index in [0.717, 1.165) is 5.69 Å². The number of aryl methyl sites for hydroxylation is 1. The third-order valence-electron chi connectivity index (χ3n) is 5.10. The summed E-state index contributed by atoms with van der Waals surface area (Å²) in [5.41, 5.74) is 2.02. The van der Waals surface area contributed by atoms with Crippen LogP contribution in [0.3, 0.4) is 0 Å². The van der Waals surface area contributed by atoms with Crippen molar-refractivity contribution in [1.82, 2.24) is 19.6 Å². The second-order valence-electron chi connectivity index (χ2n) is 7.35. The largest absolute Gasteiger partial charge is 0.368 e. The van der Waals surface area contributed by atoms with Crippen LogP contribution in [-0.2, 0) is 0 Å². The zero-order valence-electron chi connectivity index (χ0n) is 16.3. The van der Waals surface area contributed by atoms with Crippen LogP contribution in [0.5, 0.6) is 0 Å². The number of benzene rings is 1. The van der Waals surface area contributed by atoms with Crippen molar-refractivity contribution in [3.8, 4) is 0 Å². The Morgan fingerprint density at radius 1 is 1.14 bits per heavy atom.